The van der Waals surface area contributed by atoms with E-state index in [4.69, 9.17) is 20.8 Å². The van der Waals surface area contributed by atoms with Crippen molar-refractivity contribution in [3.63, 3.8) is 0 Å². The fourth-order valence-electron chi connectivity index (χ4n) is 1.77. The lowest BCUT2D eigenvalue weighted by Crippen LogP contribution is -2.15. The highest BCUT2D eigenvalue weighted by Crippen LogP contribution is 2.31. The number of ether oxygens (including phenoxy) is 1. The Morgan fingerprint density at radius 3 is 2.80 bits per heavy atom. The number of hydrogen-bond acceptors (Lipinski definition) is 4. The molecule has 1 aromatic heterocycles. The number of anilines is 1. The van der Waals surface area contributed by atoms with Crippen LogP contribution in [-0.4, -0.2) is 18.0 Å². The van der Waals surface area contributed by atoms with Gasteiger partial charge in [0.2, 0.25) is 5.91 Å². The molecule has 0 aliphatic carbocycles. The van der Waals surface area contributed by atoms with Crippen LogP contribution in [0.2, 0.25) is 5.02 Å². The SMILES string of the molecule is COc1cc(Cl)c(C)cc1NC(=O)Cc1ocnc1C. The standard InChI is InChI=1S/C14H15ClN2O3/c1-8-4-11(13(19-3)5-10(8)15)17-14(18)6-12-9(2)16-7-20-12/h4-5,7H,6H2,1-3H3,(H,17,18). The molecule has 20 heavy (non-hydrogen) atoms. The van der Waals surface area contributed by atoms with Gasteiger partial charge in [0.1, 0.15) is 11.5 Å². The van der Waals surface area contributed by atoms with Crippen molar-refractivity contribution in [1.82, 2.24) is 4.98 Å². The second-order valence-electron chi connectivity index (χ2n) is 4.39. The molecule has 1 heterocycles. The Kier molecular flexibility index (Phi) is 4.29. The van der Waals surface area contributed by atoms with Gasteiger partial charge in [-0.1, -0.05) is 11.6 Å². The van der Waals surface area contributed by atoms with Crippen molar-refractivity contribution in [2.24, 2.45) is 0 Å². The smallest absolute Gasteiger partial charge is 0.232 e. The van der Waals surface area contributed by atoms with E-state index >= 15 is 0 Å². The number of benzene rings is 1. The van der Waals surface area contributed by atoms with Crippen molar-refractivity contribution in [3.8, 4) is 5.75 Å². The summed E-state index contributed by atoms with van der Waals surface area (Å²) in [5.74, 6) is 0.861. The predicted octanol–water partition coefficient (Wildman–Crippen LogP) is 3.13. The lowest BCUT2D eigenvalue weighted by molar-refractivity contribution is -0.115. The number of nitrogens with zero attached hydrogens (tertiary/aromatic N) is 1. The van der Waals surface area contributed by atoms with Crippen molar-refractivity contribution in [2.45, 2.75) is 20.3 Å². The van der Waals surface area contributed by atoms with Crippen LogP contribution in [0.5, 0.6) is 5.75 Å². The maximum atomic E-state index is 12.0. The summed E-state index contributed by atoms with van der Waals surface area (Å²) in [5.41, 5.74) is 2.15. The number of carbonyl (C=O) groups is 1. The number of nitrogens with one attached hydrogen (secondary N) is 1. The molecule has 1 amide bonds. The van der Waals surface area contributed by atoms with Crippen LogP contribution in [0.15, 0.2) is 22.9 Å². The Morgan fingerprint density at radius 2 is 2.20 bits per heavy atom. The summed E-state index contributed by atoms with van der Waals surface area (Å²) < 4.78 is 10.4. The van der Waals surface area contributed by atoms with Gasteiger partial charge < -0.3 is 14.5 Å². The Labute approximate surface area is 121 Å². The molecule has 0 bridgehead atoms. The highest BCUT2D eigenvalue weighted by Gasteiger charge is 2.13. The Hall–Kier alpha value is -2.01. The van der Waals surface area contributed by atoms with Gasteiger partial charge in [0.15, 0.2) is 6.39 Å². The van der Waals surface area contributed by atoms with Crippen LogP contribution >= 0.6 is 11.6 Å². The molecule has 0 radical (unpaired) electrons. The lowest BCUT2D eigenvalue weighted by Gasteiger charge is -2.12. The lowest BCUT2D eigenvalue weighted by atomic mass is 10.2. The molecule has 0 aliphatic heterocycles. The number of aromatic nitrogens is 1. The Morgan fingerprint density at radius 1 is 1.45 bits per heavy atom. The number of carbonyl (C=O) groups excluding carboxylic acids is 1. The first kappa shape index (κ1) is 14.4. The van der Waals surface area contributed by atoms with Gasteiger partial charge in [0, 0.05) is 11.1 Å². The van der Waals surface area contributed by atoms with Gasteiger partial charge in [-0.15, -0.1) is 0 Å². The molecule has 2 rings (SSSR count). The summed E-state index contributed by atoms with van der Waals surface area (Å²) in [6, 6.07) is 3.44. The van der Waals surface area contributed by atoms with Crippen molar-refractivity contribution in [2.75, 3.05) is 12.4 Å². The van der Waals surface area contributed by atoms with E-state index in [0.29, 0.717) is 27.9 Å². The van der Waals surface area contributed by atoms with Gasteiger partial charge in [-0.05, 0) is 25.5 Å². The molecule has 0 saturated heterocycles. The fraction of sp³-hybridized carbons (Fsp3) is 0.286. The van der Waals surface area contributed by atoms with Crippen LogP contribution < -0.4 is 10.1 Å². The van der Waals surface area contributed by atoms with Crippen molar-refractivity contribution in [3.05, 3.63) is 40.6 Å². The number of aryl methyl sites for hydroxylation is 2. The molecule has 6 heteroatoms. The zero-order chi connectivity index (χ0) is 14.7. The molecule has 0 aliphatic rings. The number of halogens is 1. The third-order valence-corrected chi connectivity index (χ3v) is 3.33. The van der Waals surface area contributed by atoms with Crippen LogP contribution in [0.1, 0.15) is 17.0 Å². The Bertz CT molecular complexity index is 637. The van der Waals surface area contributed by atoms with E-state index in [-0.39, 0.29) is 12.3 Å². The first-order chi connectivity index (χ1) is 9.51. The molecule has 0 fully saturated rings. The van der Waals surface area contributed by atoms with Gasteiger partial charge in [-0.3, -0.25) is 4.79 Å². The van der Waals surface area contributed by atoms with E-state index in [1.165, 1.54) is 13.5 Å². The van der Waals surface area contributed by atoms with Crippen LogP contribution in [0.4, 0.5) is 5.69 Å². The fourth-order valence-corrected chi connectivity index (χ4v) is 1.92. The van der Waals surface area contributed by atoms with Gasteiger partial charge in [0.05, 0.1) is 24.9 Å². The molecular formula is C14H15ClN2O3. The number of rotatable bonds is 4. The summed E-state index contributed by atoms with van der Waals surface area (Å²) in [5, 5.41) is 3.37. The number of oxazole rings is 1. The molecule has 106 valence electrons. The first-order valence-corrected chi connectivity index (χ1v) is 6.42. The molecule has 0 unspecified atom stereocenters. The zero-order valence-electron chi connectivity index (χ0n) is 11.5. The normalized spacial score (nSPS) is 10.4. The summed E-state index contributed by atoms with van der Waals surface area (Å²) >= 11 is 6.02. The second-order valence-corrected chi connectivity index (χ2v) is 4.79. The zero-order valence-corrected chi connectivity index (χ0v) is 12.2. The molecular weight excluding hydrogens is 280 g/mol. The molecule has 2 aromatic rings. The van der Waals surface area contributed by atoms with Gasteiger partial charge >= 0.3 is 0 Å². The van der Waals surface area contributed by atoms with Crippen molar-refractivity contribution >= 4 is 23.2 Å². The van der Waals surface area contributed by atoms with E-state index in [9.17, 15) is 4.79 Å². The summed E-state index contributed by atoms with van der Waals surface area (Å²) in [6.45, 7) is 3.65. The molecule has 0 saturated carbocycles. The molecule has 0 atom stereocenters. The maximum absolute atomic E-state index is 12.0. The highest BCUT2D eigenvalue weighted by molar-refractivity contribution is 6.31. The van der Waals surface area contributed by atoms with Crippen LogP contribution in [-0.2, 0) is 11.2 Å². The predicted molar refractivity (Wildman–Crippen MR) is 76.3 cm³/mol. The van der Waals surface area contributed by atoms with Gasteiger partial charge in [-0.2, -0.15) is 0 Å². The van der Waals surface area contributed by atoms with E-state index in [1.54, 1.807) is 19.1 Å². The largest absolute Gasteiger partial charge is 0.495 e. The topological polar surface area (TPSA) is 64.4 Å². The number of amides is 1. The monoisotopic (exact) mass is 294 g/mol. The third kappa shape index (κ3) is 3.11. The van der Waals surface area contributed by atoms with Crippen LogP contribution in [0, 0.1) is 13.8 Å². The van der Waals surface area contributed by atoms with E-state index in [2.05, 4.69) is 10.3 Å². The Balaban J connectivity index is 2.15. The second kappa shape index (κ2) is 5.96. The molecule has 0 spiro atoms. The average Bonchev–Trinajstić information content (AvgIpc) is 2.79. The summed E-state index contributed by atoms with van der Waals surface area (Å²) in [6.07, 6.45) is 1.45. The molecule has 1 aromatic carbocycles. The highest BCUT2D eigenvalue weighted by atomic mass is 35.5. The maximum Gasteiger partial charge on any atom is 0.232 e. The van der Waals surface area contributed by atoms with Crippen molar-refractivity contribution in [1.29, 1.82) is 0 Å². The minimum absolute atomic E-state index is 0.122. The summed E-state index contributed by atoms with van der Waals surface area (Å²) in [4.78, 5) is 16.0. The first-order valence-electron chi connectivity index (χ1n) is 6.04. The quantitative estimate of drug-likeness (QED) is 0.941. The van der Waals surface area contributed by atoms with Crippen molar-refractivity contribution < 1.29 is 13.9 Å². The summed E-state index contributed by atoms with van der Waals surface area (Å²) in [7, 11) is 1.53. The minimum atomic E-state index is -0.204. The third-order valence-electron chi connectivity index (χ3n) is 2.92. The number of methoxy groups -OCH3 is 1. The van der Waals surface area contributed by atoms with E-state index in [0.717, 1.165) is 5.56 Å². The van der Waals surface area contributed by atoms with Gasteiger partial charge in [-0.25, -0.2) is 4.98 Å². The molecule has 1 N–H and O–H groups in total. The average molecular weight is 295 g/mol. The van der Waals surface area contributed by atoms with Crippen LogP contribution in [0.25, 0.3) is 0 Å². The van der Waals surface area contributed by atoms with Gasteiger partial charge in [0.25, 0.3) is 0 Å². The number of hydrogen-bond donors (Lipinski definition) is 1. The minimum Gasteiger partial charge on any atom is -0.495 e. The van der Waals surface area contributed by atoms with Crippen LogP contribution in [0.3, 0.4) is 0 Å². The molecule has 5 nitrogen and oxygen atoms in total. The van der Waals surface area contributed by atoms with E-state index < -0.39 is 0 Å². The van der Waals surface area contributed by atoms with E-state index in [1.807, 2.05) is 6.92 Å².